The molecule has 0 atom stereocenters. The fourth-order valence-electron chi connectivity index (χ4n) is 2.96. The predicted octanol–water partition coefficient (Wildman–Crippen LogP) is 6.29. The Bertz CT molecular complexity index is 1160. The summed E-state index contributed by atoms with van der Waals surface area (Å²) < 4.78 is 9.55. The van der Waals surface area contributed by atoms with Crippen molar-refractivity contribution in [2.24, 2.45) is 5.73 Å². The van der Waals surface area contributed by atoms with Gasteiger partial charge in [-0.3, -0.25) is 9.59 Å². The molecule has 5 N–H and O–H groups in total. The van der Waals surface area contributed by atoms with E-state index in [2.05, 4.69) is 22.9 Å². The molecule has 0 saturated heterocycles. The van der Waals surface area contributed by atoms with Crippen LogP contribution in [0.1, 0.15) is 52.2 Å². The van der Waals surface area contributed by atoms with Crippen LogP contribution < -0.4 is 11.1 Å². The van der Waals surface area contributed by atoms with E-state index < -0.39 is 17.7 Å². The van der Waals surface area contributed by atoms with Gasteiger partial charge >= 0.3 is 12.1 Å². The highest BCUT2D eigenvalue weighted by Gasteiger charge is 2.12. The lowest BCUT2D eigenvalue weighted by molar-refractivity contribution is -0.147. The van der Waals surface area contributed by atoms with Crippen LogP contribution in [0.2, 0.25) is 10.0 Å². The zero-order valence-corrected chi connectivity index (χ0v) is 29.9. The Hall–Kier alpha value is -2.59. The van der Waals surface area contributed by atoms with E-state index in [9.17, 15) is 14.4 Å². The first kappa shape index (κ1) is 44.5. The smallest absolute Gasteiger partial charge is 0.405 e. The number of benzene rings is 2. The first-order valence-electron chi connectivity index (χ1n) is 13.9. The highest BCUT2D eigenvalue weighted by atomic mass is 35.5. The van der Waals surface area contributed by atoms with E-state index in [1.54, 1.807) is 64.2 Å². The first-order chi connectivity index (χ1) is 21.1. The largest absolute Gasteiger partial charge is 0.462 e. The highest BCUT2D eigenvalue weighted by molar-refractivity contribution is 8.00. The predicted molar refractivity (Wildman–Crippen MR) is 186 cm³/mol. The summed E-state index contributed by atoms with van der Waals surface area (Å²) in [5.74, 6) is 0.556. The van der Waals surface area contributed by atoms with Crippen molar-refractivity contribution in [1.82, 2.24) is 5.32 Å². The number of nitrogens with two attached hydrogens (primary N) is 1. The third-order valence-electron chi connectivity index (χ3n) is 4.64. The van der Waals surface area contributed by atoms with Gasteiger partial charge in [-0.15, -0.1) is 36.4 Å². The summed E-state index contributed by atoms with van der Waals surface area (Å²) in [4.78, 5) is 35.4. The molecule has 13 heteroatoms. The van der Waals surface area contributed by atoms with Crippen molar-refractivity contribution in [1.29, 1.82) is 0 Å². The Balaban J connectivity index is 0. The Labute approximate surface area is 286 Å². The van der Waals surface area contributed by atoms with Crippen LogP contribution in [0, 0.1) is 19.8 Å². The van der Waals surface area contributed by atoms with Crippen molar-refractivity contribution >= 4 is 64.7 Å². The van der Waals surface area contributed by atoms with Crippen molar-refractivity contribution in [2.75, 3.05) is 31.3 Å². The van der Waals surface area contributed by atoms with E-state index in [-0.39, 0.29) is 38.2 Å². The molecular formula is C32H46Cl2N2O7S2. The fourth-order valence-corrected chi connectivity index (χ4v) is 4.99. The monoisotopic (exact) mass is 704 g/mol. The molecular weight excluding hydrogens is 659 g/mol. The molecule has 0 radical (unpaired) electrons. The molecule has 0 bridgehead atoms. The van der Waals surface area contributed by atoms with Crippen LogP contribution in [0.5, 0.6) is 0 Å². The second kappa shape index (κ2) is 25.6. The average Bonchev–Trinajstić information content (AvgIpc) is 2.95. The minimum absolute atomic E-state index is 0.100. The van der Waals surface area contributed by atoms with E-state index in [4.69, 9.17) is 43.9 Å². The number of carbonyl (C=O) groups excluding carboxylic acids is 3. The summed E-state index contributed by atoms with van der Waals surface area (Å²) in [5.41, 5.74) is 6.33. The van der Waals surface area contributed by atoms with Gasteiger partial charge in [-0.1, -0.05) is 29.3 Å². The number of amides is 2. The number of ether oxygens (including phenoxy) is 2. The lowest BCUT2D eigenvalue weighted by Crippen LogP contribution is -2.31. The van der Waals surface area contributed by atoms with Crippen molar-refractivity contribution in [3.63, 3.8) is 0 Å². The van der Waals surface area contributed by atoms with Crippen molar-refractivity contribution < 1.29 is 34.1 Å². The van der Waals surface area contributed by atoms with E-state index in [0.717, 1.165) is 25.9 Å². The molecule has 0 fully saturated rings. The van der Waals surface area contributed by atoms with Crippen LogP contribution in [-0.2, 0) is 25.5 Å². The summed E-state index contributed by atoms with van der Waals surface area (Å²) in [6.07, 6.45) is 7.89. The fraction of sp³-hybridized carbons (Fsp3) is 0.469. The van der Waals surface area contributed by atoms with Crippen LogP contribution in [0.3, 0.4) is 0 Å². The third-order valence-corrected chi connectivity index (χ3v) is 7.19. The van der Waals surface area contributed by atoms with Crippen LogP contribution in [0.15, 0.2) is 46.2 Å². The number of thioether (sulfide) groups is 2. The number of aliphatic hydroxyl groups is 2. The van der Waals surface area contributed by atoms with E-state index in [0.29, 0.717) is 22.9 Å². The minimum atomic E-state index is -0.725. The summed E-state index contributed by atoms with van der Waals surface area (Å²) >= 11 is 14.5. The number of carbonyl (C=O) groups is 3. The van der Waals surface area contributed by atoms with Gasteiger partial charge in [0.1, 0.15) is 12.1 Å². The Morgan fingerprint density at radius 3 is 1.89 bits per heavy atom. The number of aryl methyl sites for hydroxylation is 2. The molecule has 2 amide bonds. The molecule has 0 spiro atoms. The van der Waals surface area contributed by atoms with Gasteiger partial charge in [0.15, 0.2) is 0 Å². The maximum atomic E-state index is 11.9. The number of rotatable bonds is 12. The Morgan fingerprint density at radius 1 is 0.978 bits per heavy atom. The zero-order valence-electron chi connectivity index (χ0n) is 26.7. The van der Waals surface area contributed by atoms with Crippen molar-refractivity contribution in [3.05, 3.63) is 57.6 Å². The van der Waals surface area contributed by atoms with E-state index in [1.165, 1.54) is 0 Å². The number of hydrogen-bond acceptors (Lipinski definition) is 9. The van der Waals surface area contributed by atoms with Gasteiger partial charge in [0, 0.05) is 37.8 Å². The van der Waals surface area contributed by atoms with Gasteiger partial charge < -0.3 is 30.7 Å². The second-order valence-corrected chi connectivity index (χ2v) is 13.4. The van der Waals surface area contributed by atoms with Crippen LogP contribution in [0.4, 0.5) is 4.79 Å². The lowest BCUT2D eigenvalue weighted by atomic mass is 10.1. The number of aliphatic hydroxyl groups excluding tert-OH is 2. The van der Waals surface area contributed by atoms with Crippen LogP contribution >= 0.6 is 46.7 Å². The molecule has 0 saturated carbocycles. The van der Waals surface area contributed by atoms with Gasteiger partial charge in [-0.25, -0.2) is 4.79 Å². The normalized spacial score (nSPS) is 10.2. The number of nitrogens with one attached hydrogen (secondary N) is 1. The Kier molecular flexibility index (Phi) is 25.3. The summed E-state index contributed by atoms with van der Waals surface area (Å²) in [6, 6.07) is 11.5. The first-order valence-corrected chi connectivity index (χ1v) is 16.6. The molecule has 2 aromatic rings. The molecule has 0 unspecified atom stereocenters. The summed E-state index contributed by atoms with van der Waals surface area (Å²) in [7, 11) is 0. The maximum Gasteiger partial charge on any atom is 0.405 e. The maximum absolute atomic E-state index is 11.9. The topological polar surface area (TPSA) is 148 Å². The molecule has 45 heavy (non-hydrogen) atoms. The molecule has 0 aromatic heterocycles. The highest BCUT2D eigenvalue weighted by Crippen LogP contribution is 2.27. The van der Waals surface area contributed by atoms with Gasteiger partial charge in [0.25, 0.3) is 0 Å². The summed E-state index contributed by atoms with van der Waals surface area (Å²) in [5, 5.41) is 22.0. The zero-order chi connectivity index (χ0) is 35.0. The number of primary amides is 1. The minimum Gasteiger partial charge on any atom is -0.462 e. The molecule has 2 rings (SSSR count). The molecule has 0 aliphatic heterocycles. The summed E-state index contributed by atoms with van der Waals surface area (Å²) in [6.45, 7) is 10.8. The van der Waals surface area contributed by atoms with E-state index in [1.807, 2.05) is 37.3 Å². The standard InChI is InChI=1S/C18H27NO5S2.C7H6Cl2.C5H11NO2.C2H2/c1-13(2)24-18(23)12-19-17(22)4-3-14-9-15(25-7-5-20)11-16(10-14)26-8-6-21;1-5-2-3-6(8)4-7(5)9;1-5(2,3)8-4(6)7;1-2/h9-11,13,20-21H,3-8,12H2,1-2H3,(H,19,22);2-4H,1H3;1-3H3,(H2,6,7);1-2H. The SMILES string of the molecule is C#C.CC(C)(C)OC(N)=O.CC(C)OC(=O)CNC(=O)CCc1cc(SCCO)cc(SCCO)c1.Cc1ccc(Cl)cc1Cl. The average molecular weight is 706 g/mol. The molecule has 0 aliphatic rings. The van der Waals surface area contributed by atoms with Crippen molar-refractivity contribution in [3.8, 4) is 12.8 Å². The van der Waals surface area contributed by atoms with Crippen molar-refractivity contribution in [2.45, 2.75) is 75.9 Å². The number of esters is 1. The second-order valence-electron chi connectivity index (χ2n) is 10.2. The van der Waals surface area contributed by atoms with Gasteiger partial charge in [0.2, 0.25) is 5.91 Å². The molecule has 2 aromatic carbocycles. The van der Waals surface area contributed by atoms with E-state index >= 15 is 0 Å². The van der Waals surface area contributed by atoms with Gasteiger partial charge in [-0.2, -0.15) is 0 Å². The number of terminal acetylenes is 1. The molecule has 252 valence electrons. The third kappa shape index (κ3) is 26.3. The van der Waals surface area contributed by atoms with Crippen LogP contribution in [-0.4, -0.2) is 71.2 Å². The lowest BCUT2D eigenvalue weighted by Gasteiger charge is -2.16. The molecule has 0 aliphatic carbocycles. The Morgan fingerprint density at radius 2 is 1.51 bits per heavy atom. The molecule has 9 nitrogen and oxygen atoms in total. The van der Waals surface area contributed by atoms with Gasteiger partial charge in [-0.05, 0) is 89.4 Å². The quantitative estimate of drug-likeness (QED) is 0.114. The van der Waals surface area contributed by atoms with Gasteiger partial charge in [0.05, 0.1) is 19.3 Å². The number of halogens is 2. The number of hydrogen-bond donors (Lipinski definition) is 4. The van der Waals surface area contributed by atoms with Crippen LogP contribution in [0.25, 0.3) is 0 Å². The molecule has 0 heterocycles.